The molecule has 0 spiro atoms. The van der Waals surface area contributed by atoms with Crippen LogP contribution in [0.5, 0.6) is 0 Å². The lowest BCUT2D eigenvalue weighted by molar-refractivity contribution is 0.374. The molecule has 17 heavy (non-hydrogen) atoms. The minimum Gasteiger partial charge on any atom is -0.359 e. The van der Waals surface area contributed by atoms with Gasteiger partial charge < -0.3 is 5.32 Å². The molecule has 0 unspecified atom stereocenters. The Morgan fingerprint density at radius 3 is 2.82 bits per heavy atom. The van der Waals surface area contributed by atoms with Crippen molar-refractivity contribution < 1.29 is 0 Å². The number of hydrogen-bond donors (Lipinski definition) is 1. The number of nitrogens with one attached hydrogen (secondary N) is 1. The normalized spacial score (nSPS) is 23.1. The summed E-state index contributed by atoms with van der Waals surface area (Å²) in [5, 5.41) is 7.35. The van der Waals surface area contributed by atoms with Gasteiger partial charge in [-0.15, -0.1) is 11.3 Å². The first-order valence-corrected chi connectivity index (χ1v) is 6.99. The van der Waals surface area contributed by atoms with Crippen LogP contribution in [0.4, 0.5) is 5.13 Å². The van der Waals surface area contributed by atoms with Crippen LogP contribution in [0.1, 0.15) is 24.3 Å². The molecule has 2 aromatic rings. The summed E-state index contributed by atoms with van der Waals surface area (Å²) in [6.07, 6.45) is 4.11. The van der Waals surface area contributed by atoms with Gasteiger partial charge >= 0.3 is 0 Å². The van der Waals surface area contributed by atoms with E-state index in [9.17, 15) is 0 Å². The lowest BCUT2D eigenvalue weighted by Crippen LogP contribution is -2.34. The van der Waals surface area contributed by atoms with Crippen molar-refractivity contribution in [2.75, 3.05) is 5.32 Å². The van der Waals surface area contributed by atoms with Gasteiger partial charge in [-0.3, -0.25) is 0 Å². The lowest BCUT2D eigenvalue weighted by Gasteiger charge is -2.36. The quantitative estimate of drug-likeness (QED) is 0.901. The zero-order valence-corrected chi connectivity index (χ0v) is 10.8. The second-order valence-corrected chi connectivity index (χ2v) is 5.67. The van der Waals surface area contributed by atoms with E-state index in [1.165, 1.54) is 5.56 Å². The molecule has 0 bridgehead atoms. The number of benzene rings is 1. The molecule has 1 N–H and O–H groups in total. The summed E-state index contributed by atoms with van der Waals surface area (Å²) in [5.74, 6) is 0.598. The van der Waals surface area contributed by atoms with Gasteiger partial charge in [0.15, 0.2) is 5.13 Å². The molecule has 4 heteroatoms. The van der Waals surface area contributed by atoms with Gasteiger partial charge in [-0.1, -0.05) is 29.8 Å². The number of nitrogens with zero attached hydrogens (tertiary/aromatic N) is 1. The molecule has 0 saturated heterocycles. The fourth-order valence-corrected chi connectivity index (χ4v) is 3.16. The van der Waals surface area contributed by atoms with E-state index < -0.39 is 0 Å². The van der Waals surface area contributed by atoms with E-state index in [1.54, 1.807) is 11.3 Å². The third-order valence-electron chi connectivity index (χ3n) is 3.24. The molecule has 1 aromatic carbocycles. The topological polar surface area (TPSA) is 24.9 Å². The van der Waals surface area contributed by atoms with Gasteiger partial charge in [0.1, 0.15) is 0 Å². The first kappa shape index (κ1) is 11.1. The molecule has 1 saturated carbocycles. The third-order valence-corrected chi connectivity index (χ3v) is 4.29. The average Bonchev–Trinajstić information content (AvgIpc) is 2.77. The molecule has 0 radical (unpaired) electrons. The van der Waals surface area contributed by atoms with Crippen molar-refractivity contribution in [2.24, 2.45) is 0 Å². The molecule has 3 rings (SSSR count). The predicted octanol–water partition coefficient (Wildman–Crippen LogP) is 4.15. The van der Waals surface area contributed by atoms with Crippen molar-refractivity contribution >= 4 is 28.1 Å². The van der Waals surface area contributed by atoms with Crippen LogP contribution in [0.2, 0.25) is 5.02 Å². The molecule has 2 nitrogen and oxygen atoms in total. The second-order valence-electron chi connectivity index (χ2n) is 4.37. The minimum absolute atomic E-state index is 0.544. The zero-order valence-electron chi connectivity index (χ0n) is 9.27. The number of thiazole rings is 1. The summed E-state index contributed by atoms with van der Waals surface area (Å²) in [4.78, 5) is 4.23. The molecule has 0 aliphatic heterocycles. The average molecular weight is 265 g/mol. The number of hydrogen-bond acceptors (Lipinski definition) is 3. The SMILES string of the molecule is Clc1ccccc1C1CC(Nc2nccs2)C1. The fraction of sp³-hybridized carbons (Fsp3) is 0.308. The van der Waals surface area contributed by atoms with Crippen molar-refractivity contribution in [1.29, 1.82) is 0 Å². The largest absolute Gasteiger partial charge is 0.359 e. The highest BCUT2D eigenvalue weighted by Crippen LogP contribution is 2.41. The summed E-state index contributed by atoms with van der Waals surface area (Å²) in [5.41, 5.74) is 1.28. The Balaban J connectivity index is 1.60. The standard InChI is InChI=1S/C13H13ClN2S/c14-12-4-2-1-3-11(12)9-7-10(8-9)16-13-15-5-6-17-13/h1-6,9-10H,7-8H2,(H,15,16). The van der Waals surface area contributed by atoms with E-state index in [0.717, 1.165) is 23.0 Å². The smallest absolute Gasteiger partial charge is 0.182 e. The first-order chi connectivity index (χ1) is 8.33. The Labute approximate surface area is 110 Å². The summed E-state index contributed by atoms with van der Waals surface area (Å²) < 4.78 is 0. The van der Waals surface area contributed by atoms with Gasteiger partial charge in [0, 0.05) is 22.6 Å². The monoisotopic (exact) mass is 264 g/mol. The van der Waals surface area contributed by atoms with Crippen LogP contribution in [0, 0.1) is 0 Å². The van der Waals surface area contributed by atoms with Crippen LogP contribution in [-0.2, 0) is 0 Å². The highest BCUT2D eigenvalue weighted by Gasteiger charge is 2.31. The van der Waals surface area contributed by atoms with E-state index in [2.05, 4.69) is 22.4 Å². The Bertz CT molecular complexity index is 492. The maximum atomic E-state index is 6.19. The Morgan fingerprint density at radius 2 is 2.12 bits per heavy atom. The van der Waals surface area contributed by atoms with Crippen LogP contribution in [0.25, 0.3) is 0 Å². The number of anilines is 1. The van der Waals surface area contributed by atoms with E-state index in [0.29, 0.717) is 12.0 Å². The zero-order chi connectivity index (χ0) is 11.7. The molecule has 1 aliphatic rings. The van der Waals surface area contributed by atoms with Gasteiger partial charge in [0.05, 0.1) is 0 Å². The van der Waals surface area contributed by atoms with E-state index in [1.807, 2.05) is 23.7 Å². The van der Waals surface area contributed by atoms with Crippen LogP contribution in [0.15, 0.2) is 35.8 Å². The molecular formula is C13H13ClN2S. The van der Waals surface area contributed by atoms with Gasteiger partial charge in [-0.05, 0) is 30.4 Å². The van der Waals surface area contributed by atoms with E-state index >= 15 is 0 Å². The number of halogens is 1. The summed E-state index contributed by atoms with van der Waals surface area (Å²) in [7, 11) is 0. The molecule has 1 aliphatic carbocycles. The Hall–Kier alpha value is -1.06. The maximum Gasteiger partial charge on any atom is 0.182 e. The van der Waals surface area contributed by atoms with Gasteiger partial charge in [0.25, 0.3) is 0 Å². The molecule has 0 amide bonds. The minimum atomic E-state index is 0.544. The van der Waals surface area contributed by atoms with E-state index in [-0.39, 0.29) is 0 Å². The molecule has 88 valence electrons. The highest BCUT2D eigenvalue weighted by molar-refractivity contribution is 7.13. The third kappa shape index (κ3) is 2.31. The van der Waals surface area contributed by atoms with Crippen molar-refractivity contribution in [3.05, 3.63) is 46.4 Å². The number of aromatic nitrogens is 1. The Morgan fingerprint density at radius 1 is 1.29 bits per heavy atom. The van der Waals surface area contributed by atoms with Crippen molar-refractivity contribution in [3.63, 3.8) is 0 Å². The van der Waals surface area contributed by atoms with Crippen LogP contribution < -0.4 is 5.32 Å². The van der Waals surface area contributed by atoms with Gasteiger partial charge in [-0.2, -0.15) is 0 Å². The first-order valence-electron chi connectivity index (χ1n) is 5.73. The predicted molar refractivity (Wildman–Crippen MR) is 73.0 cm³/mol. The number of rotatable bonds is 3. The van der Waals surface area contributed by atoms with Crippen molar-refractivity contribution in [1.82, 2.24) is 4.98 Å². The summed E-state index contributed by atoms with van der Waals surface area (Å²) in [6.45, 7) is 0. The van der Waals surface area contributed by atoms with Crippen molar-refractivity contribution in [2.45, 2.75) is 24.8 Å². The lowest BCUT2D eigenvalue weighted by atomic mass is 9.76. The molecule has 0 atom stereocenters. The summed E-state index contributed by atoms with van der Waals surface area (Å²) >= 11 is 7.84. The maximum absolute atomic E-state index is 6.19. The van der Waals surface area contributed by atoms with Gasteiger partial charge in [-0.25, -0.2) is 4.98 Å². The fourth-order valence-electron chi connectivity index (χ4n) is 2.27. The molecular weight excluding hydrogens is 252 g/mol. The second kappa shape index (κ2) is 4.67. The molecule has 1 aromatic heterocycles. The summed E-state index contributed by atoms with van der Waals surface area (Å²) in [6, 6.07) is 8.69. The van der Waals surface area contributed by atoms with E-state index in [4.69, 9.17) is 11.6 Å². The van der Waals surface area contributed by atoms with Crippen LogP contribution in [-0.4, -0.2) is 11.0 Å². The highest BCUT2D eigenvalue weighted by atomic mass is 35.5. The van der Waals surface area contributed by atoms with Gasteiger partial charge in [0.2, 0.25) is 0 Å². The van der Waals surface area contributed by atoms with Crippen LogP contribution >= 0.6 is 22.9 Å². The molecule has 1 fully saturated rings. The van der Waals surface area contributed by atoms with Crippen molar-refractivity contribution in [3.8, 4) is 0 Å². The Kier molecular flexibility index (Phi) is 3.04. The molecule has 1 heterocycles. The van der Waals surface area contributed by atoms with Crippen LogP contribution in [0.3, 0.4) is 0 Å².